The van der Waals surface area contributed by atoms with Crippen LogP contribution in [-0.4, -0.2) is 26.9 Å². The molecule has 5 heteroatoms. The Hall–Kier alpha value is -2.14. The van der Waals surface area contributed by atoms with Crippen molar-refractivity contribution >= 4 is 5.97 Å². The molecule has 0 radical (unpaired) electrons. The predicted molar refractivity (Wildman–Crippen MR) is 74.6 cm³/mol. The molecule has 2 N–H and O–H groups in total. The summed E-state index contributed by atoms with van der Waals surface area (Å²) in [6.45, 7) is 0.576. The Kier molecular flexibility index (Phi) is 3.52. The minimum atomic E-state index is -0.749. The standard InChI is InChI=1S/C15H17N3O2/c19-15(20)14(12-4-5-12)16-10-11-2-6-13(7-3-11)18-9-1-8-17-18/h1-3,6-9,12,14,16H,4-5,10H2,(H,19,20). The van der Waals surface area contributed by atoms with Gasteiger partial charge in [0.15, 0.2) is 0 Å². The fourth-order valence-electron chi connectivity index (χ4n) is 2.30. The summed E-state index contributed by atoms with van der Waals surface area (Å²) in [5.41, 5.74) is 2.07. The van der Waals surface area contributed by atoms with Crippen molar-refractivity contribution < 1.29 is 9.90 Å². The lowest BCUT2D eigenvalue weighted by atomic mass is 10.1. The van der Waals surface area contributed by atoms with Gasteiger partial charge in [0, 0.05) is 18.9 Å². The van der Waals surface area contributed by atoms with Crippen molar-refractivity contribution in [3.63, 3.8) is 0 Å². The molecule has 1 aromatic carbocycles. The van der Waals surface area contributed by atoms with Crippen LogP contribution in [0.3, 0.4) is 0 Å². The molecule has 1 aliphatic rings. The van der Waals surface area contributed by atoms with E-state index in [-0.39, 0.29) is 0 Å². The molecule has 0 bridgehead atoms. The topological polar surface area (TPSA) is 67.2 Å². The Balaban J connectivity index is 1.62. The van der Waals surface area contributed by atoms with E-state index in [0.29, 0.717) is 12.5 Å². The number of rotatable bonds is 6. The van der Waals surface area contributed by atoms with Gasteiger partial charge in [-0.3, -0.25) is 4.79 Å². The van der Waals surface area contributed by atoms with Gasteiger partial charge in [0.25, 0.3) is 0 Å². The minimum absolute atomic E-state index is 0.302. The number of aromatic nitrogens is 2. The molecule has 1 atom stereocenters. The Labute approximate surface area is 117 Å². The summed E-state index contributed by atoms with van der Waals surface area (Å²) in [6.07, 6.45) is 5.66. The van der Waals surface area contributed by atoms with Gasteiger partial charge in [-0.2, -0.15) is 5.10 Å². The van der Waals surface area contributed by atoms with Crippen LogP contribution in [0.2, 0.25) is 0 Å². The monoisotopic (exact) mass is 271 g/mol. The van der Waals surface area contributed by atoms with Crippen LogP contribution in [0.5, 0.6) is 0 Å². The number of carbonyl (C=O) groups is 1. The first-order valence-corrected chi connectivity index (χ1v) is 6.79. The van der Waals surface area contributed by atoms with E-state index in [4.69, 9.17) is 5.11 Å². The van der Waals surface area contributed by atoms with Crippen LogP contribution in [0.4, 0.5) is 0 Å². The van der Waals surface area contributed by atoms with Gasteiger partial charge in [-0.1, -0.05) is 12.1 Å². The number of nitrogens with one attached hydrogen (secondary N) is 1. The molecule has 0 spiro atoms. The molecule has 1 aliphatic carbocycles. The highest BCUT2D eigenvalue weighted by molar-refractivity contribution is 5.74. The molecular weight excluding hydrogens is 254 g/mol. The lowest BCUT2D eigenvalue weighted by Gasteiger charge is -2.13. The van der Waals surface area contributed by atoms with Gasteiger partial charge >= 0.3 is 5.97 Å². The van der Waals surface area contributed by atoms with E-state index >= 15 is 0 Å². The summed E-state index contributed by atoms with van der Waals surface area (Å²) < 4.78 is 1.79. The first-order chi connectivity index (χ1) is 9.74. The van der Waals surface area contributed by atoms with E-state index in [1.54, 1.807) is 10.9 Å². The molecule has 1 aromatic heterocycles. The number of hydrogen-bond donors (Lipinski definition) is 2. The van der Waals surface area contributed by atoms with Gasteiger partial charge < -0.3 is 10.4 Å². The predicted octanol–water partition coefficient (Wildman–Crippen LogP) is 1.83. The highest BCUT2D eigenvalue weighted by atomic mass is 16.4. The van der Waals surface area contributed by atoms with E-state index in [1.807, 2.05) is 36.5 Å². The first-order valence-electron chi connectivity index (χ1n) is 6.79. The Bertz CT molecular complexity index is 574. The minimum Gasteiger partial charge on any atom is -0.480 e. The Morgan fingerprint density at radius 3 is 2.70 bits per heavy atom. The lowest BCUT2D eigenvalue weighted by molar-refractivity contribution is -0.140. The Morgan fingerprint density at radius 1 is 1.40 bits per heavy atom. The molecule has 1 fully saturated rings. The normalized spacial score (nSPS) is 16.0. The van der Waals surface area contributed by atoms with Crippen molar-refractivity contribution in [2.75, 3.05) is 0 Å². The molecule has 20 heavy (non-hydrogen) atoms. The third kappa shape index (κ3) is 2.88. The van der Waals surface area contributed by atoms with Gasteiger partial charge in [0.2, 0.25) is 0 Å². The molecular formula is C15H17N3O2. The van der Waals surface area contributed by atoms with Crippen molar-refractivity contribution in [3.8, 4) is 5.69 Å². The van der Waals surface area contributed by atoms with Gasteiger partial charge in [-0.25, -0.2) is 4.68 Å². The third-order valence-corrected chi connectivity index (χ3v) is 3.59. The molecule has 1 unspecified atom stereocenters. The van der Waals surface area contributed by atoms with Crippen LogP contribution in [0, 0.1) is 5.92 Å². The number of carboxylic acids is 1. The number of nitrogens with zero attached hydrogens (tertiary/aromatic N) is 2. The van der Waals surface area contributed by atoms with Gasteiger partial charge in [-0.05, 0) is 42.5 Å². The van der Waals surface area contributed by atoms with Gasteiger partial charge in [-0.15, -0.1) is 0 Å². The van der Waals surface area contributed by atoms with Crippen LogP contribution in [0.25, 0.3) is 5.69 Å². The highest BCUT2D eigenvalue weighted by Crippen LogP contribution is 2.32. The number of carboxylic acid groups (broad SMARTS) is 1. The van der Waals surface area contributed by atoms with E-state index in [2.05, 4.69) is 10.4 Å². The van der Waals surface area contributed by atoms with Crippen LogP contribution >= 0.6 is 0 Å². The second-order valence-electron chi connectivity index (χ2n) is 5.15. The molecule has 1 heterocycles. The molecule has 1 saturated carbocycles. The quantitative estimate of drug-likeness (QED) is 0.841. The summed E-state index contributed by atoms with van der Waals surface area (Å²) in [5.74, 6) is -0.448. The van der Waals surface area contributed by atoms with Crippen molar-refractivity contribution in [1.82, 2.24) is 15.1 Å². The third-order valence-electron chi connectivity index (χ3n) is 3.59. The SMILES string of the molecule is O=C(O)C(NCc1ccc(-n2cccn2)cc1)C1CC1. The first kappa shape index (κ1) is 12.9. The zero-order chi connectivity index (χ0) is 13.9. The van der Waals surface area contributed by atoms with Crippen LogP contribution < -0.4 is 5.32 Å². The number of hydrogen-bond acceptors (Lipinski definition) is 3. The maximum absolute atomic E-state index is 11.1. The molecule has 0 amide bonds. The number of benzene rings is 1. The molecule has 104 valence electrons. The maximum Gasteiger partial charge on any atom is 0.320 e. The fourth-order valence-corrected chi connectivity index (χ4v) is 2.30. The van der Waals surface area contributed by atoms with Crippen LogP contribution in [0.1, 0.15) is 18.4 Å². The van der Waals surface area contributed by atoms with Gasteiger partial charge in [0.1, 0.15) is 6.04 Å². The average molecular weight is 271 g/mol. The Morgan fingerprint density at radius 2 is 2.15 bits per heavy atom. The molecule has 5 nitrogen and oxygen atoms in total. The van der Waals surface area contributed by atoms with E-state index in [1.165, 1.54) is 0 Å². The summed E-state index contributed by atoms with van der Waals surface area (Å²) >= 11 is 0. The molecule has 3 rings (SSSR count). The fraction of sp³-hybridized carbons (Fsp3) is 0.333. The molecule has 0 saturated heterocycles. The van der Waals surface area contributed by atoms with Crippen molar-refractivity contribution in [3.05, 3.63) is 48.3 Å². The smallest absolute Gasteiger partial charge is 0.320 e. The molecule has 2 aromatic rings. The van der Waals surface area contributed by atoms with E-state index in [9.17, 15) is 4.79 Å². The average Bonchev–Trinajstić information content (AvgIpc) is 3.13. The summed E-state index contributed by atoms with van der Waals surface area (Å²) in [5, 5.41) is 16.5. The number of aliphatic carboxylic acids is 1. The van der Waals surface area contributed by atoms with E-state index in [0.717, 1.165) is 24.1 Å². The van der Waals surface area contributed by atoms with Crippen molar-refractivity contribution in [2.45, 2.75) is 25.4 Å². The summed E-state index contributed by atoms with van der Waals surface area (Å²) in [6, 6.07) is 9.42. The van der Waals surface area contributed by atoms with Crippen LogP contribution in [0.15, 0.2) is 42.7 Å². The second-order valence-corrected chi connectivity index (χ2v) is 5.15. The second kappa shape index (κ2) is 5.46. The zero-order valence-corrected chi connectivity index (χ0v) is 11.1. The summed E-state index contributed by atoms with van der Waals surface area (Å²) in [4.78, 5) is 11.1. The van der Waals surface area contributed by atoms with E-state index < -0.39 is 12.0 Å². The molecule has 0 aliphatic heterocycles. The zero-order valence-electron chi connectivity index (χ0n) is 11.1. The van der Waals surface area contributed by atoms with Crippen molar-refractivity contribution in [2.24, 2.45) is 5.92 Å². The van der Waals surface area contributed by atoms with Crippen LogP contribution in [-0.2, 0) is 11.3 Å². The largest absolute Gasteiger partial charge is 0.480 e. The van der Waals surface area contributed by atoms with Crippen molar-refractivity contribution in [1.29, 1.82) is 0 Å². The van der Waals surface area contributed by atoms with Gasteiger partial charge in [0.05, 0.1) is 5.69 Å². The maximum atomic E-state index is 11.1. The lowest BCUT2D eigenvalue weighted by Crippen LogP contribution is -2.38. The summed E-state index contributed by atoms with van der Waals surface area (Å²) in [7, 11) is 0. The highest BCUT2D eigenvalue weighted by Gasteiger charge is 2.35.